The highest BCUT2D eigenvalue weighted by atomic mass is 32.1. The molecule has 82 valence electrons. The van der Waals surface area contributed by atoms with E-state index in [-0.39, 0.29) is 11.7 Å². The Bertz CT molecular complexity index is 368. The van der Waals surface area contributed by atoms with E-state index in [9.17, 15) is 4.79 Å². The second kappa shape index (κ2) is 5.16. The van der Waals surface area contributed by atoms with Crippen molar-refractivity contribution in [3.8, 4) is 0 Å². The fourth-order valence-corrected chi connectivity index (χ4v) is 1.96. The molecule has 3 nitrogen and oxygen atoms in total. The number of Topliss-reactive ketones (excluding diaryl/α,β-unsaturated/α-hetero) is 1. The molecular formula is C11H16N2OS. The molecule has 4 heteroatoms. The number of hydrogen-bond acceptors (Lipinski definition) is 4. The van der Waals surface area contributed by atoms with Gasteiger partial charge in [0.25, 0.3) is 0 Å². The maximum Gasteiger partial charge on any atom is 0.180 e. The Kier molecular flexibility index (Phi) is 4.15. The number of aromatic nitrogens is 2. The summed E-state index contributed by atoms with van der Waals surface area (Å²) in [6.45, 7) is 9.88. The lowest BCUT2D eigenvalue weighted by Crippen LogP contribution is -2.03. The van der Waals surface area contributed by atoms with Crippen LogP contribution in [0.5, 0.6) is 0 Å². The molecule has 0 aromatic carbocycles. The first kappa shape index (κ1) is 12.0. The first-order chi connectivity index (χ1) is 7.06. The van der Waals surface area contributed by atoms with Gasteiger partial charge in [0.15, 0.2) is 5.78 Å². The smallest absolute Gasteiger partial charge is 0.180 e. The molecule has 0 aliphatic heterocycles. The van der Waals surface area contributed by atoms with Crippen molar-refractivity contribution in [1.29, 1.82) is 0 Å². The lowest BCUT2D eigenvalue weighted by molar-refractivity contribution is 0.0995. The van der Waals surface area contributed by atoms with E-state index in [2.05, 4.69) is 16.2 Å². The van der Waals surface area contributed by atoms with Crippen LogP contribution >= 0.6 is 11.5 Å². The average molecular weight is 224 g/mol. The van der Waals surface area contributed by atoms with Crippen molar-refractivity contribution < 1.29 is 4.79 Å². The van der Waals surface area contributed by atoms with Gasteiger partial charge in [-0.05, 0) is 23.9 Å². The largest absolute Gasteiger partial charge is 0.293 e. The SMILES string of the molecule is C=C(CC)CC(=O)c1snnc1C(C)C. The van der Waals surface area contributed by atoms with Crippen molar-refractivity contribution >= 4 is 17.3 Å². The quantitative estimate of drug-likeness (QED) is 0.569. The van der Waals surface area contributed by atoms with Crippen LogP contribution in [0.15, 0.2) is 12.2 Å². The Balaban J connectivity index is 2.82. The van der Waals surface area contributed by atoms with Crippen LogP contribution in [0.4, 0.5) is 0 Å². The molecule has 0 aliphatic rings. The molecule has 1 aromatic rings. The predicted molar refractivity (Wildman–Crippen MR) is 62.4 cm³/mol. The molecular weight excluding hydrogens is 208 g/mol. The molecule has 0 saturated heterocycles. The summed E-state index contributed by atoms with van der Waals surface area (Å²) in [5.41, 5.74) is 1.78. The van der Waals surface area contributed by atoms with Gasteiger partial charge in [-0.25, -0.2) is 0 Å². The van der Waals surface area contributed by atoms with E-state index in [1.165, 1.54) is 11.5 Å². The molecule has 0 spiro atoms. The lowest BCUT2D eigenvalue weighted by atomic mass is 10.0. The number of rotatable bonds is 5. The topological polar surface area (TPSA) is 42.9 Å². The summed E-state index contributed by atoms with van der Waals surface area (Å²) in [5.74, 6) is 0.346. The normalized spacial score (nSPS) is 10.7. The van der Waals surface area contributed by atoms with Crippen molar-refractivity contribution in [2.45, 2.75) is 39.5 Å². The molecule has 0 N–H and O–H groups in total. The van der Waals surface area contributed by atoms with Crippen molar-refractivity contribution in [2.24, 2.45) is 0 Å². The van der Waals surface area contributed by atoms with Gasteiger partial charge in [0.05, 0.1) is 5.69 Å². The number of hydrogen-bond donors (Lipinski definition) is 0. The molecule has 1 heterocycles. The van der Waals surface area contributed by atoms with Crippen LogP contribution in [-0.4, -0.2) is 15.4 Å². The summed E-state index contributed by atoms with van der Waals surface area (Å²) in [7, 11) is 0. The third-order valence-corrected chi connectivity index (χ3v) is 3.01. The van der Waals surface area contributed by atoms with Crippen LogP contribution in [-0.2, 0) is 0 Å². The van der Waals surface area contributed by atoms with Crippen molar-refractivity contribution in [2.75, 3.05) is 0 Å². The first-order valence-corrected chi connectivity index (χ1v) is 5.85. The Labute approximate surface area is 94.4 Å². The number of nitrogens with zero attached hydrogens (tertiary/aromatic N) is 2. The highest BCUT2D eigenvalue weighted by molar-refractivity contribution is 7.08. The van der Waals surface area contributed by atoms with E-state index in [1.54, 1.807) is 0 Å². The number of carbonyl (C=O) groups excluding carboxylic acids is 1. The molecule has 15 heavy (non-hydrogen) atoms. The standard InChI is InChI=1S/C11H16N2OS/c1-5-8(4)6-9(14)11-10(7(2)3)12-13-15-11/h7H,4-6H2,1-3H3. The Morgan fingerprint density at radius 1 is 1.53 bits per heavy atom. The second-order valence-electron chi connectivity index (χ2n) is 3.85. The zero-order valence-electron chi connectivity index (χ0n) is 9.41. The fraction of sp³-hybridized carbons (Fsp3) is 0.545. The molecule has 0 bridgehead atoms. The van der Waals surface area contributed by atoms with Crippen LogP contribution < -0.4 is 0 Å². The summed E-state index contributed by atoms with van der Waals surface area (Å²) in [6, 6.07) is 0. The molecule has 0 unspecified atom stereocenters. The third kappa shape index (κ3) is 2.96. The van der Waals surface area contributed by atoms with E-state index >= 15 is 0 Å². The molecule has 0 saturated carbocycles. The maximum absolute atomic E-state index is 11.9. The lowest BCUT2D eigenvalue weighted by Gasteiger charge is -2.03. The minimum absolute atomic E-state index is 0.0977. The molecule has 0 atom stereocenters. The van der Waals surface area contributed by atoms with Crippen LogP contribution in [0.25, 0.3) is 0 Å². The van der Waals surface area contributed by atoms with Gasteiger partial charge in [0, 0.05) is 6.42 Å². The summed E-state index contributed by atoms with van der Waals surface area (Å²) >= 11 is 1.19. The highest BCUT2D eigenvalue weighted by Gasteiger charge is 2.18. The van der Waals surface area contributed by atoms with Crippen LogP contribution in [0, 0.1) is 0 Å². The van der Waals surface area contributed by atoms with E-state index in [0.29, 0.717) is 11.3 Å². The van der Waals surface area contributed by atoms with Gasteiger partial charge < -0.3 is 0 Å². The summed E-state index contributed by atoms with van der Waals surface area (Å²) < 4.78 is 3.84. The number of carbonyl (C=O) groups is 1. The van der Waals surface area contributed by atoms with Gasteiger partial charge >= 0.3 is 0 Å². The second-order valence-corrected chi connectivity index (χ2v) is 4.60. The number of allylic oxidation sites excluding steroid dienone is 1. The molecule has 1 rings (SSSR count). The minimum atomic E-state index is 0.0977. The zero-order chi connectivity index (χ0) is 11.4. The van der Waals surface area contributed by atoms with Crippen molar-refractivity contribution in [3.05, 3.63) is 22.7 Å². The summed E-state index contributed by atoms with van der Waals surface area (Å²) in [6.07, 6.45) is 1.26. The van der Waals surface area contributed by atoms with E-state index < -0.39 is 0 Å². The van der Waals surface area contributed by atoms with Crippen molar-refractivity contribution in [3.63, 3.8) is 0 Å². The van der Waals surface area contributed by atoms with E-state index in [0.717, 1.165) is 17.7 Å². The average Bonchev–Trinajstić information content (AvgIpc) is 2.65. The molecule has 0 amide bonds. The monoisotopic (exact) mass is 224 g/mol. The van der Waals surface area contributed by atoms with Gasteiger partial charge in [-0.1, -0.05) is 37.4 Å². The molecule has 0 fully saturated rings. The molecule has 1 aromatic heterocycles. The van der Waals surface area contributed by atoms with Gasteiger partial charge in [-0.15, -0.1) is 5.10 Å². The Morgan fingerprint density at radius 3 is 2.73 bits per heavy atom. The van der Waals surface area contributed by atoms with Crippen molar-refractivity contribution in [1.82, 2.24) is 9.59 Å². The van der Waals surface area contributed by atoms with E-state index in [4.69, 9.17) is 0 Å². The zero-order valence-corrected chi connectivity index (χ0v) is 10.2. The first-order valence-electron chi connectivity index (χ1n) is 5.08. The van der Waals surface area contributed by atoms with Gasteiger partial charge in [0.1, 0.15) is 4.88 Å². The van der Waals surface area contributed by atoms with Gasteiger partial charge in [-0.3, -0.25) is 4.79 Å². The summed E-state index contributed by atoms with van der Waals surface area (Å²) in [4.78, 5) is 12.6. The van der Waals surface area contributed by atoms with Crippen LogP contribution in [0.1, 0.15) is 54.9 Å². The van der Waals surface area contributed by atoms with Gasteiger partial charge in [0.2, 0.25) is 0 Å². The molecule has 0 aliphatic carbocycles. The highest BCUT2D eigenvalue weighted by Crippen LogP contribution is 2.22. The van der Waals surface area contributed by atoms with Gasteiger partial charge in [-0.2, -0.15) is 0 Å². The van der Waals surface area contributed by atoms with E-state index in [1.807, 2.05) is 20.8 Å². The Hall–Kier alpha value is -1.03. The van der Waals surface area contributed by atoms with Crippen LogP contribution in [0.3, 0.4) is 0 Å². The maximum atomic E-state index is 11.9. The predicted octanol–water partition coefficient (Wildman–Crippen LogP) is 3.20. The summed E-state index contributed by atoms with van der Waals surface area (Å²) in [5, 5.41) is 3.99. The number of ketones is 1. The Morgan fingerprint density at radius 2 is 2.20 bits per heavy atom. The molecule has 0 radical (unpaired) electrons. The minimum Gasteiger partial charge on any atom is -0.293 e. The fourth-order valence-electron chi connectivity index (χ4n) is 1.20. The van der Waals surface area contributed by atoms with Crippen LogP contribution in [0.2, 0.25) is 0 Å². The third-order valence-electron chi connectivity index (χ3n) is 2.22.